The highest BCUT2D eigenvalue weighted by Crippen LogP contribution is 2.45. The quantitative estimate of drug-likeness (QED) is 0.282. The monoisotopic (exact) mass is 655 g/mol. The van der Waals surface area contributed by atoms with Crippen LogP contribution in [0, 0.1) is 3.57 Å². The second-order valence-electron chi connectivity index (χ2n) is 11.3. The van der Waals surface area contributed by atoms with Gasteiger partial charge < -0.3 is 14.8 Å². The summed E-state index contributed by atoms with van der Waals surface area (Å²) in [5.41, 5.74) is -0.410. The maximum Gasteiger partial charge on any atom is 0.434 e. The normalized spacial score (nSPS) is 28.2. The van der Waals surface area contributed by atoms with Crippen molar-refractivity contribution >= 4 is 60.5 Å². The first kappa shape index (κ1) is 29.2. The number of alkyl halides is 2. The van der Waals surface area contributed by atoms with Crippen LogP contribution in [0.2, 0.25) is 23.2 Å². The lowest BCUT2D eigenvalue weighted by Gasteiger charge is -2.49. The van der Waals surface area contributed by atoms with E-state index in [1.165, 1.54) is 4.90 Å². The van der Waals surface area contributed by atoms with Crippen molar-refractivity contribution in [2.24, 2.45) is 4.99 Å². The maximum atomic E-state index is 15.0. The van der Waals surface area contributed by atoms with Crippen LogP contribution < -0.4 is 5.32 Å². The predicted octanol–water partition coefficient (Wildman–Crippen LogP) is 6.59. The van der Waals surface area contributed by atoms with Crippen LogP contribution in [0.5, 0.6) is 0 Å². The molecule has 1 aromatic carbocycles. The molecule has 1 heterocycles. The molecule has 2 aliphatic rings. The SMILES string of the molecule is CC(C)(C)[Si](C)(C)OC1CC(N2C(=O)C[C@@](C)(c3cccc(I)c3Cl)N/C2=N\C(=O)O)CCC1(F)F. The first-order valence-electron chi connectivity index (χ1n) is 11.8. The Morgan fingerprint density at radius 3 is 2.58 bits per heavy atom. The topological polar surface area (TPSA) is 91.2 Å². The molecular formula is C24H33ClF2IN3O4Si. The minimum atomic E-state index is -3.05. The fourth-order valence-corrected chi connectivity index (χ4v) is 6.62. The summed E-state index contributed by atoms with van der Waals surface area (Å²) in [6.07, 6.45) is -3.52. The highest BCUT2D eigenvalue weighted by Gasteiger charge is 2.53. The van der Waals surface area contributed by atoms with Crippen molar-refractivity contribution < 1.29 is 27.9 Å². The van der Waals surface area contributed by atoms with Crippen molar-refractivity contribution in [2.75, 3.05) is 0 Å². The van der Waals surface area contributed by atoms with Gasteiger partial charge in [0.15, 0.2) is 8.32 Å². The van der Waals surface area contributed by atoms with Gasteiger partial charge in [0.2, 0.25) is 11.9 Å². The number of halogens is 4. The van der Waals surface area contributed by atoms with Crippen LogP contribution in [0.4, 0.5) is 13.6 Å². The van der Waals surface area contributed by atoms with Crippen molar-refractivity contribution in [1.82, 2.24) is 10.2 Å². The summed E-state index contributed by atoms with van der Waals surface area (Å²) >= 11 is 8.61. The number of nitrogens with one attached hydrogen (secondary N) is 1. The molecule has 1 aliphatic heterocycles. The number of hydrogen-bond donors (Lipinski definition) is 2. The van der Waals surface area contributed by atoms with E-state index in [0.29, 0.717) is 10.6 Å². The van der Waals surface area contributed by atoms with Gasteiger partial charge in [-0.05, 0) is 72.1 Å². The zero-order valence-corrected chi connectivity index (χ0v) is 25.2. The smallest absolute Gasteiger partial charge is 0.434 e. The number of carbonyl (C=O) groups excluding carboxylic acids is 1. The summed E-state index contributed by atoms with van der Waals surface area (Å²) in [4.78, 5) is 30.0. The molecule has 3 rings (SSSR count). The molecule has 2 fully saturated rings. The molecule has 0 bridgehead atoms. The minimum absolute atomic E-state index is 0.00285. The number of guanidine groups is 1. The first-order chi connectivity index (χ1) is 16.4. The Labute approximate surface area is 230 Å². The molecule has 1 aromatic rings. The summed E-state index contributed by atoms with van der Waals surface area (Å²) in [7, 11) is -2.54. The van der Waals surface area contributed by atoms with Gasteiger partial charge in [0.1, 0.15) is 6.10 Å². The van der Waals surface area contributed by atoms with Gasteiger partial charge in [0, 0.05) is 16.0 Å². The highest BCUT2D eigenvalue weighted by atomic mass is 127. The number of hydrogen-bond acceptors (Lipinski definition) is 3. The zero-order chi connectivity index (χ0) is 27.3. The van der Waals surface area contributed by atoms with E-state index < -0.39 is 50.3 Å². The summed E-state index contributed by atoms with van der Waals surface area (Å²) in [6, 6.07) is 4.70. The summed E-state index contributed by atoms with van der Waals surface area (Å²) in [6.45, 7) is 11.5. The third kappa shape index (κ3) is 5.88. The Balaban J connectivity index is 1.95. The molecule has 200 valence electrons. The first-order valence-corrected chi connectivity index (χ1v) is 16.2. The minimum Gasteiger partial charge on any atom is -0.463 e. The fourth-order valence-electron chi connectivity index (χ4n) is 4.46. The van der Waals surface area contributed by atoms with Gasteiger partial charge in [0.05, 0.1) is 17.0 Å². The lowest BCUT2D eigenvalue weighted by molar-refractivity contribution is -0.148. The van der Waals surface area contributed by atoms with Crippen molar-refractivity contribution in [1.29, 1.82) is 0 Å². The molecule has 3 atom stereocenters. The number of carbonyl (C=O) groups is 2. The van der Waals surface area contributed by atoms with E-state index in [2.05, 4.69) is 32.9 Å². The molecular weight excluding hydrogens is 623 g/mol. The van der Waals surface area contributed by atoms with Crippen LogP contribution in [-0.2, 0) is 14.8 Å². The van der Waals surface area contributed by atoms with Gasteiger partial charge in [-0.3, -0.25) is 9.69 Å². The Morgan fingerprint density at radius 1 is 1.36 bits per heavy atom. The Morgan fingerprint density at radius 2 is 2.00 bits per heavy atom. The molecule has 1 saturated carbocycles. The third-order valence-corrected chi connectivity index (χ3v) is 13.6. The number of rotatable bonds is 4. The van der Waals surface area contributed by atoms with Crippen LogP contribution in [-0.4, -0.2) is 54.4 Å². The van der Waals surface area contributed by atoms with Crippen LogP contribution in [0.3, 0.4) is 0 Å². The van der Waals surface area contributed by atoms with E-state index in [0.717, 1.165) is 3.57 Å². The van der Waals surface area contributed by atoms with Crippen molar-refractivity contribution in [2.45, 2.75) is 95.1 Å². The molecule has 0 aromatic heterocycles. The molecule has 12 heteroatoms. The fraction of sp³-hybridized carbons (Fsp3) is 0.625. The maximum absolute atomic E-state index is 15.0. The molecule has 36 heavy (non-hydrogen) atoms. The van der Waals surface area contributed by atoms with Crippen molar-refractivity contribution in [3.63, 3.8) is 0 Å². The van der Waals surface area contributed by atoms with E-state index in [1.54, 1.807) is 19.1 Å². The Hall–Kier alpha value is -1.31. The van der Waals surface area contributed by atoms with E-state index in [1.807, 2.05) is 39.9 Å². The molecule has 2 N–H and O–H groups in total. The molecule has 2 unspecified atom stereocenters. The zero-order valence-electron chi connectivity index (χ0n) is 21.3. The van der Waals surface area contributed by atoms with Gasteiger partial charge in [-0.25, -0.2) is 13.6 Å². The van der Waals surface area contributed by atoms with Gasteiger partial charge >= 0.3 is 6.09 Å². The van der Waals surface area contributed by atoms with Crippen LogP contribution in [0.1, 0.15) is 58.9 Å². The number of nitrogens with zero attached hydrogens (tertiary/aromatic N) is 2. The molecule has 0 spiro atoms. The molecule has 1 saturated heterocycles. The average molecular weight is 656 g/mol. The standard InChI is InChI=1S/C24H33ClF2IN3O4Si/c1-22(2,3)36(5,6)35-17-12-14(10-11-24(17,26)27)31-18(32)13-23(4,30-20(31)29-21(33)34)15-8-7-9-16(28)19(15)25/h7-9,14,17H,10-13H2,1-6H3,(H,29,30)(H,33,34)/t14?,17?,23-/m0/s1. The van der Waals surface area contributed by atoms with E-state index >= 15 is 0 Å². The molecule has 1 aliphatic carbocycles. The van der Waals surface area contributed by atoms with Crippen molar-refractivity contribution in [3.8, 4) is 0 Å². The van der Waals surface area contributed by atoms with Crippen LogP contribution in [0.15, 0.2) is 23.2 Å². The van der Waals surface area contributed by atoms with Gasteiger partial charge in [0.25, 0.3) is 5.92 Å². The second kappa shape index (κ2) is 10.1. The summed E-state index contributed by atoms with van der Waals surface area (Å²) < 4.78 is 36.9. The largest absolute Gasteiger partial charge is 0.463 e. The second-order valence-corrected chi connectivity index (χ2v) is 17.6. The van der Waals surface area contributed by atoms with Gasteiger partial charge in [-0.15, -0.1) is 4.99 Å². The molecule has 0 radical (unpaired) electrons. The number of carboxylic acid groups (broad SMARTS) is 1. The third-order valence-electron chi connectivity index (χ3n) is 7.51. The Bertz CT molecular complexity index is 1080. The number of aliphatic imine (C=N–C) groups is 1. The van der Waals surface area contributed by atoms with Gasteiger partial charge in [-0.1, -0.05) is 44.5 Å². The summed E-state index contributed by atoms with van der Waals surface area (Å²) in [5.74, 6) is -3.64. The number of benzene rings is 1. The van der Waals surface area contributed by atoms with E-state index in [-0.39, 0.29) is 30.3 Å². The van der Waals surface area contributed by atoms with Crippen molar-refractivity contribution in [3.05, 3.63) is 32.4 Å². The molecule has 7 nitrogen and oxygen atoms in total. The van der Waals surface area contributed by atoms with E-state index in [4.69, 9.17) is 16.0 Å². The summed E-state index contributed by atoms with van der Waals surface area (Å²) in [5, 5.41) is 12.7. The molecule has 2 amide bonds. The Kier molecular flexibility index (Phi) is 8.21. The van der Waals surface area contributed by atoms with E-state index in [9.17, 15) is 23.5 Å². The van der Waals surface area contributed by atoms with Crippen LogP contribution in [0.25, 0.3) is 0 Å². The highest BCUT2D eigenvalue weighted by molar-refractivity contribution is 14.1. The predicted molar refractivity (Wildman–Crippen MR) is 146 cm³/mol. The number of amides is 2. The van der Waals surface area contributed by atoms with Gasteiger partial charge in [-0.2, -0.15) is 0 Å². The average Bonchev–Trinajstić information content (AvgIpc) is 2.70. The van der Waals surface area contributed by atoms with Crippen LogP contribution >= 0.6 is 34.2 Å². The lowest BCUT2D eigenvalue weighted by atomic mass is 9.84. The lowest BCUT2D eigenvalue weighted by Crippen LogP contribution is -2.64.